The zero-order valence-electron chi connectivity index (χ0n) is 26.2. The van der Waals surface area contributed by atoms with Crippen LogP contribution in [-0.4, -0.2) is 65.1 Å². The number of halogens is 2. The van der Waals surface area contributed by atoms with Gasteiger partial charge in [-0.05, 0) is 77.6 Å². The van der Waals surface area contributed by atoms with Gasteiger partial charge in [-0.2, -0.15) is 0 Å². The Balaban J connectivity index is 1.36. The zero-order valence-corrected chi connectivity index (χ0v) is 28.6. The standard InChI is InChI=1S/C34H32Cl2N2O9S/c1-4-44-34(42)47-19(2)46-33(41)27(15-20-6-5-7-24(14-20)48(3)43)37-31(39)29-26(35)16-23-18-38(12-10-25(23)30(29)36)32(40)22-9-8-21-11-13-45-28(21)17-22/h5-9,11,13-14,16-17,19,27H,4,10,12,15,18H2,1-3H3,(H,37,39)/t19?,27-,48?/m0/s1. The van der Waals surface area contributed by atoms with Crippen molar-refractivity contribution in [1.29, 1.82) is 0 Å². The molecule has 48 heavy (non-hydrogen) atoms. The summed E-state index contributed by atoms with van der Waals surface area (Å²) in [5.41, 5.74) is 2.97. The van der Waals surface area contributed by atoms with Gasteiger partial charge in [0, 0.05) is 37.4 Å². The molecule has 5 rings (SSSR count). The smallest absolute Gasteiger partial charge is 0.511 e. The molecule has 4 aromatic rings. The van der Waals surface area contributed by atoms with Gasteiger partial charge >= 0.3 is 12.1 Å². The maximum absolute atomic E-state index is 13.7. The Morgan fingerprint density at radius 1 is 1.08 bits per heavy atom. The van der Waals surface area contributed by atoms with E-state index in [1.807, 2.05) is 12.1 Å². The third-order valence-electron chi connectivity index (χ3n) is 7.69. The van der Waals surface area contributed by atoms with Gasteiger partial charge in [0.2, 0.25) is 6.29 Å². The Morgan fingerprint density at radius 2 is 1.88 bits per heavy atom. The second kappa shape index (κ2) is 15.3. The van der Waals surface area contributed by atoms with Crippen molar-refractivity contribution in [1.82, 2.24) is 10.2 Å². The summed E-state index contributed by atoms with van der Waals surface area (Å²) in [7, 11) is 0. The molecular formula is C34H32Cl2N2O9S. The van der Waals surface area contributed by atoms with Crippen LogP contribution in [-0.2, 0) is 49.6 Å². The minimum Gasteiger partial charge on any atom is -0.612 e. The van der Waals surface area contributed by atoms with Crippen molar-refractivity contribution >= 4 is 69.3 Å². The average Bonchev–Trinajstić information content (AvgIpc) is 3.52. The van der Waals surface area contributed by atoms with E-state index in [-0.39, 0.29) is 41.1 Å². The third-order valence-corrected chi connectivity index (χ3v) is 9.32. The zero-order chi connectivity index (χ0) is 34.5. The first-order valence-corrected chi connectivity index (χ1v) is 17.3. The SMILES string of the molecule is CCOC(=O)OC(C)OC(=O)[C@H](Cc1cccc([S+](C)[O-])c1)NC(=O)c1c(Cl)cc2c(c1Cl)CCN(C(=O)c1ccc3ccoc3c1)C2. The number of ether oxygens (including phenoxy) is 3. The number of hydrogen-bond acceptors (Lipinski definition) is 9. The van der Waals surface area contributed by atoms with Gasteiger partial charge in [-0.15, -0.1) is 0 Å². The highest BCUT2D eigenvalue weighted by molar-refractivity contribution is 7.90. The van der Waals surface area contributed by atoms with Crippen LogP contribution in [0.4, 0.5) is 4.79 Å². The molecule has 0 radical (unpaired) electrons. The first kappa shape index (κ1) is 35.1. The van der Waals surface area contributed by atoms with E-state index in [0.29, 0.717) is 45.7 Å². The lowest BCUT2D eigenvalue weighted by molar-refractivity contribution is -0.170. The highest BCUT2D eigenvalue weighted by Crippen LogP contribution is 2.35. The molecule has 0 saturated heterocycles. The Morgan fingerprint density at radius 3 is 2.62 bits per heavy atom. The number of nitrogens with zero attached hydrogens (tertiary/aromatic N) is 1. The summed E-state index contributed by atoms with van der Waals surface area (Å²) in [6.45, 7) is 3.54. The van der Waals surface area contributed by atoms with Crippen molar-refractivity contribution in [2.75, 3.05) is 19.4 Å². The number of carbonyl (C=O) groups excluding carboxylic acids is 4. The summed E-state index contributed by atoms with van der Waals surface area (Å²) < 4.78 is 32.5. The third kappa shape index (κ3) is 8.07. The van der Waals surface area contributed by atoms with Crippen LogP contribution >= 0.6 is 23.2 Å². The molecule has 2 unspecified atom stereocenters. The minimum atomic E-state index is -1.33. The maximum Gasteiger partial charge on any atom is 0.511 e. The highest BCUT2D eigenvalue weighted by Gasteiger charge is 2.31. The minimum absolute atomic E-state index is 0.0251. The van der Waals surface area contributed by atoms with Crippen LogP contribution in [0.15, 0.2) is 70.2 Å². The van der Waals surface area contributed by atoms with E-state index in [1.54, 1.807) is 60.6 Å². The van der Waals surface area contributed by atoms with E-state index < -0.39 is 41.5 Å². The molecule has 11 nitrogen and oxygen atoms in total. The van der Waals surface area contributed by atoms with Crippen LogP contribution in [0, 0.1) is 0 Å². The Bertz CT molecular complexity index is 1860. The predicted molar refractivity (Wildman–Crippen MR) is 179 cm³/mol. The quantitative estimate of drug-likeness (QED) is 0.117. The topological polar surface area (TPSA) is 147 Å². The van der Waals surface area contributed by atoms with Crippen molar-refractivity contribution in [3.05, 3.63) is 98.7 Å². The molecule has 14 heteroatoms. The van der Waals surface area contributed by atoms with Crippen molar-refractivity contribution < 1.29 is 42.4 Å². The van der Waals surface area contributed by atoms with Gasteiger partial charge in [-0.3, -0.25) is 9.59 Å². The lowest BCUT2D eigenvalue weighted by Gasteiger charge is -2.30. The average molecular weight is 716 g/mol. The fraction of sp³-hybridized carbons (Fsp3) is 0.294. The molecule has 3 atom stereocenters. The first-order valence-electron chi connectivity index (χ1n) is 15.0. The van der Waals surface area contributed by atoms with Gasteiger partial charge in [-0.1, -0.05) is 41.4 Å². The molecule has 2 amide bonds. The summed E-state index contributed by atoms with van der Waals surface area (Å²) in [5, 5.41) is 3.68. The number of fused-ring (bicyclic) bond motifs is 2. The molecular weight excluding hydrogens is 683 g/mol. The number of esters is 1. The van der Waals surface area contributed by atoms with E-state index in [1.165, 1.54) is 13.2 Å². The summed E-state index contributed by atoms with van der Waals surface area (Å²) in [6, 6.07) is 14.1. The number of amides is 2. The van der Waals surface area contributed by atoms with E-state index in [0.717, 1.165) is 5.39 Å². The number of hydrogen-bond donors (Lipinski definition) is 1. The van der Waals surface area contributed by atoms with E-state index in [2.05, 4.69) is 5.32 Å². The normalized spacial score (nSPS) is 14.4. The van der Waals surface area contributed by atoms with Gasteiger partial charge < -0.3 is 33.4 Å². The lowest BCUT2D eigenvalue weighted by atomic mass is 9.95. The van der Waals surface area contributed by atoms with Crippen molar-refractivity contribution in [3.63, 3.8) is 0 Å². The van der Waals surface area contributed by atoms with Gasteiger partial charge in [0.15, 0.2) is 4.90 Å². The molecule has 0 bridgehead atoms. The molecule has 0 aliphatic carbocycles. The van der Waals surface area contributed by atoms with Crippen molar-refractivity contribution in [2.45, 2.75) is 50.5 Å². The fourth-order valence-corrected chi connectivity index (χ4v) is 6.72. The number of carbonyl (C=O) groups is 4. The van der Waals surface area contributed by atoms with E-state index in [4.69, 9.17) is 41.8 Å². The highest BCUT2D eigenvalue weighted by atomic mass is 35.5. The molecule has 1 aliphatic rings. The fourth-order valence-electron chi connectivity index (χ4n) is 5.37. The number of nitrogens with one attached hydrogen (secondary N) is 1. The first-order chi connectivity index (χ1) is 22.9. The molecule has 1 aliphatic heterocycles. The Labute approximate surface area is 289 Å². The summed E-state index contributed by atoms with van der Waals surface area (Å²) in [6.07, 6.45) is 1.04. The molecule has 0 fully saturated rings. The monoisotopic (exact) mass is 714 g/mol. The van der Waals surface area contributed by atoms with Gasteiger partial charge in [0.1, 0.15) is 17.9 Å². The summed E-state index contributed by atoms with van der Waals surface area (Å²) >= 11 is 12.1. The second-order valence-electron chi connectivity index (χ2n) is 11.0. The second-order valence-corrected chi connectivity index (χ2v) is 13.1. The van der Waals surface area contributed by atoms with E-state index >= 15 is 0 Å². The van der Waals surface area contributed by atoms with Crippen molar-refractivity contribution in [3.8, 4) is 0 Å². The molecule has 3 aromatic carbocycles. The van der Waals surface area contributed by atoms with Gasteiger partial charge in [0.25, 0.3) is 11.8 Å². The number of furan rings is 1. The largest absolute Gasteiger partial charge is 0.612 e. The molecule has 0 saturated carbocycles. The number of rotatable bonds is 10. The molecule has 252 valence electrons. The summed E-state index contributed by atoms with van der Waals surface area (Å²) in [4.78, 5) is 54.3. The van der Waals surface area contributed by atoms with Crippen LogP contribution < -0.4 is 5.32 Å². The Kier molecular flexibility index (Phi) is 11.2. The Hall–Kier alpha value is -4.23. The van der Waals surface area contributed by atoms with Crippen LogP contribution in [0.2, 0.25) is 10.0 Å². The van der Waals surface area contributed by atoms with E-state index in [9.17, 15) is 23.7 Å². The number of benzene rings is 3. The van der Waals surface area contributed by atoms with Gasteiger partial charge in [-0.25, -0.2) is 9.59 Å². The maximum atomic E-state index is 13.7. The predicted octanol–water partition coefficient (Wildman–Crippen LogP) is 6.08. The molecule has 0 spiro atoms. The van der Waals surface area contributed by atoms with Crippen molar-refractivity contribution in [2.24, 2.45) is 0 Å². The molecule has 1 aromatic heterocycles. The summed E-state index contributed by atoms with van der Waals surface area (Å²) in [5.74, 6) is -1.84. The molecule has 2 heterocycles. The van der Waals surface area contributed by atoms with Crippen LogP contribution in [0.25, 0.3) is 11.0 Å². The lowest BCUT2D eigenvalue weighted by Crippen LogP contribution is -2.45. The van der Waals surface area contributed by atoms with Crippen LogP contribution in [0.3, 0.4) is 0 Å². The van der Waals surface area contributed by atoms with Gasteiger partial charge in [0.05, 0.1) is 28.5 Å². The van der Waals surface area contributed by atoms with Crippen LogP contribution in [0.1, 0.15) is 51.3 Å². The van der Waals surface area contributed by atoms with Crippen LogP contribution in [0.5, 0.6) is 0 Å². The molecule has 1 N–H and O–H groups in total.